The molecule has 1 aromatic heterocycles. The molecule has 2 rings (SSSR count). The lowest BCUT2D eigenvalue weighted by atomic mass is 9.86. The summed E-state index contributed by atoms with van der Waals surface area (Å²) in [5, 5.41) is 3.03. The number of hydrogen-bond donors (Lipinski definition) is 1. The molecular weight excluding hydrogens is 260 g/mol. The van der Waals surface area contributed by atoms with Gasteiger partial charge < -0.3 is 10.1 Å². The van der Waals surface area contributed by atoms with Crippen molar-refractivity contribution in [2.45, 2.75) is 39.7 Å². The Labute approximate surface area is 127 Å². The average molecular weight is 284 g/mol. The predicted octanol–water partition coefficient (Wildman–Crippen LogP) is 4.31. The van der Waals surface area contributed by atoms with Crippen LogP contribution in [0.1, 0.15) is 37.5 Å². The fourth-order valence-electron chi connectivity index (χ4n) is 2.14. The highest BCUT2D eigenvalue weighted by Gasteiger charge is 2.14. The minimum atomic E-state index is 0.163. The second-order valence-electron chi connectivity index (χ2n) is 6.32. The van der Waals surface area contributed by atoms with Gasteiger partial charge in [0.2, 0.25) is 0 Å². The van der Waals surface area contributed by atoms with Crippen molar-refractivity contribution in [3.8, 4) is 5.75 Å². The van der Waals surface area contributed by atoms with Crippen molar-refractivity contribution in [3.05, 3.63) is 53.2 Å². The molecule has 1 heterocycles. The summed E-state index contributed by atoms with van der Waals surface area (Å²) in [6.45, 7) is 9.30. The summed E-state index contributed by atoms with van der Waals surface area (Å²) in [6.07, 6.45) is 1.79. The van der Waals surface area contributed by atoms with Gasteiger partial charge >= 0.3 is 0 Å². The number of aryl methyl sites for hydroxylation is 1. The quantitative estimate of drug-likeness (QED) is 0.908. The number of nitrogens with zero attached hydrogens (tertiary/aromatic N) is 1. The minimum Gasteiger partial charge on any atom is -0.489 e. The summed E-state index contributed by atoms with van der Waals surface area (Å²) in [5.41, 5.74) is 3.77. The van der Waals surface area contributed by atoms with Crippen LogP contribution in [0.25, 0.3) is 0 Å². The number of benzene rings is 1. The van der Waals surface area contributed by atoms with Crippen molar-refractivity contribution >= 4 is 5.82 Å². The molecule has 112 valence electrons. The topological polar surface area (TPSA) is 34.1 Å². The molecule has 0 aliphatic heterocycles. The van der Waals surface area contributed by atoms with E-state index in [1.165, 1.54) is 11.1 Å². The number of anilines is 1. The van der Waals surface area contributed by atoms with E-state index in [4.69, 9.17) is 4.74 Å². The lowest BCUT2D eigenvalue weighted by Crippen LogP contribution is -2.11. The van der Waals surface area contributed by atoms with E-state index in [-0.39, 0.29) is 5.41 Å². The van der Waals surface area contributed by atoms with E-state index < -0.39 is 0 Å². The normalized spacial score (nSPS) is 11.3. The fraction of sp³-hybridized carbons (Fsp3) is 0.389. The van der Waals surface area contributed by atoms with Crippen LogP contribution in [-0.2, 0) is 12.0 Å². The molecule has 0 fully saturated rings. The highest BCUT2D eigenvalue weighted by Crippen LogP contribution is 2.28. The highest BCUT2D eigenvalue weighted by atomic mass is 16.5. The number of rotatable bonds is 4. The molecule has 0 spiro atoms. The van der Waals surface area contributed by atoms with Crippen LogP contribution in [0.2, 0.25) is 0 Å². The van der Waals surface area contributed by atoms with Gasteiger partial charge in [0.1, 0.15) is 18.2 Å². The van der Waals surface area contributed by atoms with E-state index in [1.807, 2.05) is 19.2 Å². The Balaban J connectivity index is 2.10. The van der Waals surface area contributed by atoms with Crippen LogP contribution in [0.3, 0.4) is 0 Å². The van der Waals surface area contributed by atoms with Crippen molar-refractivity contribution in [2.75, 3.05) is 12.4 Å². The molecule has 0 amide bonds. The van der Waals surface area contributed by atoms with Crippen molar-refractivity contribution in [1.82, 2.24) is 4.98 Å². The first-order valence-electron chi connectivity index (χ1n) is 7.27. The third-order valence-corrected chi connectivity index (χ3v) is 3.52. The highest BCUT2D eigenvalue weighted by molar-refractivity contribution is 5.40. The first kappa shape index (κ1) is 15.4. The van der Waals surface area contributed by atoms with Crippen molar-refractivity contribution in [2.24, 2.45) is 0 Å². The summed E-state index contributed by atoms with van der Waals surface area (Å²) in [7, 11) is 1.86. The van der Waals surface area contributed by atoms with Gasteiger partial charge in [-0.2, -0.15) is 0 Å². The van der Waals surface area contributed by atoms with E-state index in [9.17, 15) is 0 Å². The molecule has 0 radical (unpaired) electrons. The van der Waals surface area contributed by atoms with Gasteiger partial charge in [0.25, 0.3) is 0 Å². The summed E-state index contributed by atoms with van der Waals surface area (Å²) >= 11 is 0. The molecule has 0 aliphatic rings. The van der Waals surface area contributed by atoms with Gasteiger partial charge in [-0.05, 0) is 47.2 Å². The molecular formula is C18H24N2O. The first-order valence-corrected chi connectivity index (χ1v) is 7.27. The Morgan fingerprint density at radius 3 is 2.52 bits per heavy atom. The summed E-state index contributed by atoms with van der Waals surface area (Å²) in [5.74, 6) is 1.79. The van der Waals surface area contributed by atoms with E-state index in [1.54, 1.807) is 6.20 Å². The smallest absolute Gasteiger partial charge is 0.126 e. The molecule has 1 N–H and O–H groups in total. The molecule has 0 aliphatic carbocycles. The van der Waals surface area contributed by atoms with Crippen LogP contribution in [-0.4, -0.2) is 12.0 Å². The average Bonchev–Trinajstić information content (AvgIpc) is 2.45. The Morgan fingerprint density at radius 1 is 1.14 bits per heavy atom. The van der Waals surface area contributed by atoms with Gasteiger partial charge in [-0.15, -0.1) is 0 Å². The van der Waals surface area contributed by atoms with Crippen LogP contribution in [0.4, 0.5) is 5.82 Å². The Hall–Kier alpha value is -2.03. The first-order chi connectivity index (χ1) is 9.90. The number of ether oxygens (including phenoxy) is 1. The molecule has 0 saturated heterocycles. The van der Waals surface area contributed by atoms with Gasteiger partial charge in [0.15, 0.2) is 0 Å². The summed E-state index contributed by atoms with van der Waals surface area (Å²) in [6, 6.07) is 10.4. The SMILES string of the molecule is CNc1cc(COc2ccc(C(C)(C)C)cc2C)ccn1. The summed E-state index contributed by atoms with van der Waals surface area (Å²) < 4.78 is 5.93. The molecule has 0 bridgehead atoms. The molecule has 0 atom stereocenters. The lowest BCUT2D eigenvalue weighted by Gasteiger charge is -2.20. The van der Waals surface area contributed by atoms with Gasteiger partial charge in [-0.3, -0.25) is 0 Å². The van der Waals surface area contributed by atoms with Crippen LogP contribution in [0, 0.1) is 6.92 Å². The zero-order valence-corrected chi connectivity index (χ0v) is 13.5. The Bertz CT molecular complexity index is 615. The maximum Gasteiger partial charge on any atom is 0.126 e. The number of hydrogen-bond acceptors (Lipinski definition) is 3. The standard InChI is InChI=1S/C18H24N2O/c1-13-10-15(18(2,3)4)6-7-16(13)21-12-14-8-9-20-17(11-14)19-5/h6-11H,12H2,1-5H3,(H,19,20). The van der Waals surface area contributed by atoms with Gasteiger partial charge in [-0.1, -0.05) is 32.9 Å². The second-order valence-corrected chi connectivity index (χ2v) is 6.32. The van der Waals surface area contributed by atoms with E-state index in [0.29, 0.717) is 6.61 Å². The molecule has 1 aromatic carbocycles. The zero-order valence-electron chi connectivity index (χ0n) is 13.5. The van der Waals surface area contributed by atoms with Gasteiger partial charge in [-0.25, -0.2) is 4.98 Å². The number of pyridine rings is 1. The largest absolute Gasteiger partial charge is 0.489 e. The van der Waals surface area contributed by atoms with Gasteiger partial charge in [0, 0.05) is 13.2 Å². The van der Waals surface area contributed by atoms with Crippen molar-refractivity contribution < 1.29 is 4.74 Å². The molecule has 3 nitrogen and oxygen atoms in total. The maximum absolute atomic E-state index is 5.93. The third kappa shape index (κ3) is 3.97. The Morgan fingerprint density at radius 2 is 1.90 bits per heavy atom. The maximum atomic E-state index is 5.93. The van der Waals surface area contributed by atoms with Crippen LogP contribution < -0.4 is 10.1 Å². The number of aromatic nitrogens is 1. The molecule has 21 heavy (non-hydrogen) atoms. The number of nitrogens with one attached hydrogen (secondary N) is 1. The third-order valence-electron chi connectivity index (χ3n) is 3.52. The molecule has 0 unspecified atom stereocenters. The zero-order chi connectivity index (χ0) is 15.5. The van der Waals surface area contributed by atoms with E-state index in [2.05, 4.69) is 56.2 Å². The molecule has 2 aromatic rings. The van der Waals surface area contributed by atoms with Crippen molar-refractivity contribution in [3.63, 3.8) is 0 Å². The molecule has 3 heteroatoms. The molecule has 0 saturated carbocycles. The minimum absolute atomic E-state index is 0.163. The lowest BCUT2D eigenvalue weighted by molar-refractivity contribution is 0.304. The second kappa shape index (κ2) is 6.17. The van der Waals surface area contributed by atoms with Crippen molar-refractivity contribution in [1.29, 1.82) is 0 Å². The van der Waals surface area contributed by atoms with Crippen LogP contribution >= 0.6 is 0 Å². The van der Waals surface area contributed by atoms with Crippen LogP contribution in [0.15, 0.2) is 36.5 Å². The predicted molar refractivity (Wildman–Crippen MR) is 88.0 cm³/mol. The van der Waals surface area contributed by atoms with E-state index in [0.717, 1.165) is 17.1 Å². The fourth-order valence-corrected chi connectivity index (χ4v) is 2.14. The summed E-state index contributed by atoms with van der Waals surface area (Å²) in [4.78, 5) is 4.20. The van der Waals surface area contributed by atoms with Gasteiger partial charge in [0.05, 0.1) is 0 Å². The monoisotopic (exact) mass is 284 g/mol. The van der Waals surface area contributed by atoms with E-state index >= 15 is 0 Å². The van der Waals surface area contributed by atoms with Crippen LogP contribution in [0.5, 0.6) is 5.75 Å². The Kier molecular flexibility index (Phi) is 4.51.